The molecule has 0 saturated heterocycles. The van der Waals surface area contributed by atoms with Gasteiger partial charge in [0, 0.05) is 17.8 Å². The fourth-order valence-corrected chi connectivity index (χ4v) is 2.72. The molecule has 1 N–H and O–H groups in total. The van der Waals surface area contributed by atoms with Crippen LogP contribution >= 0.6 is 0 Å². The van der Waals surface area contributed by atoms with Gasteiger partial charge < -0.3 is 5.32 Å². The molecule has 0 aliphatic heterocycles. The zero-order valence-corrected chi connectivity index (χ0v) is 23.9. The molecule has 2 heteroatoms. The van der Waals surface area contributed by atoms with Crippen LogP contribution in [0.3, 0.4) is 0 Å². The van der Waals surface area contributed by atoms with Crippen molar-refractivity contribution >= 4 is 12.0 Å². The van der Waals surface area contributed by atoms with Crippen LogP contribution in [0.1, 0.15) is 96.6 Å². The minimum atomic E-state index is 0.267. The number of hydrogen-bond acceptors (Lipinski definition) is 2. The van der Waals surface area contributed by atoms with Gasteiger partial charge in [0.2, 0.25) is 0 Å². The van der Waals surface area contributed by atoms with Crippen molar-refractivity contribution in [2.75, 3.05) is 5.32 Å². The van der Waals surface area contributed by atoms with Crippen molar-refractivity contribution in [3.05, 3.63) is 102 Å². The van der Waals surface area contributed by atoms with Crippen LogP contribution in [0.4, 0.5) is 5.69 Å². The molecule has 0 amide bonds. The van der Waals surface area contributed by atoms with Crippen LogP contribution in [0.2, 0.25) is 0 Å². The van der Waals surface area contributed by atoms with Crippen molar-refractivity contribution in [3.8, 4) is 0 Å². The number of nitrogens with one attached hydrogen (secondary N) is 1. The molecule has 1 atom stereocenters. The molecule has 0 spiro atoms. The molecule has 0 fully saturated rings. The zero-order chi connectivity index (χ0) is 26.9. The van der Waals surface area contributed by atoms with Crippen molar-refractivity contribution in [1.82, 2.24) is 0 Å². The number of anilines is 1. The van der Waals surface area contributed by atoms with Gasteiger partial charge in [0.15, 0.2) is 0 Å². The van der Waals surface area contributed by atoms with Crippen molar-refractivity contribution in [2.24, 2.45) is 10.8 Å². The first kappa shape index (κ1) is 32.1. The first-order chi connectivity index (χ1) is 16.4. The van der Waals surface area contributed by atoms with Gasteiger partial charge in [-0.3, -0.25) is 4.79 Å². The lowest BCUT2D eigenvalue weighted by Gasteiger charge is -2.27. The highest BCUT2D eigenvalue weighted by atomic mass is 16.1. The van der Waals surface area contributed by atoms with E-state index in [9.17, 15) is 4.79 Å². The summed E-state index contributed by atoms with van der Waals surface area (Å²) in [6.45, 7) is 22.5. The maximum atomic E-state index is 10.5. The summed E-state index contributed by atoms with van der Waals surface area (Å²) in [7, 11) is 0. The lowest BCUT2D eigenvalue weighted by molar-refractivity contribution is 0.112. The van der Waals surface area contributed by atoms with E-state index in [0.29, 0.717) is 11.3 Å². The van der Waals surface area contributed by atoms with Crippen LogP contribution in [-0.2, 0) is 6.54 Å². The van der Waals surface area contributed by atoms with Gasteiger partial charge in [-0.1, -0.05) is 142 Å². The lowest BCUT2D eigenvalue weighted by atomic mass is 9.78. The molecular formula is C33H49NO. The predicted octanol–water partition coefficient (Wildman–Crippen LogP) is 10.0. The van der Waals surface area contributed by atoms with E-state index in [0.717, 1.165) is 24.1 Å². The summed E-state index contributed by atoms with van der Waals surface area (Å²) in [6, 6.07) is 28.5. The van der Waals surface area contributed by atoms with Crippen molar-refractivity contribution < 1.29 is 4.79 Å². The summed E-state index contributed by atoms with van der Waals surface area (Å²) < 4.78 is 0. The summed E-state index contributed by atoms with van der Waals surface area (Å²) in [4.78, 5) is 10.5. The van der Waals surface area contributed by atoms with Crippen LogP contribution in [0.15, 0.2) is 84.9 Å². The maximum absolute atomic E-state index is 10.5. The highest BCUT2D eigenvalue weighted by Gasteiger charge is 2.21. The molecule has 0 aliphatic carbocycles. The third-order valence-corrected chi connectivity index (χ3v) is 4.98. The van der Waals surface area contributed by atoms with Crippen LogP contribution in [0, 0.1) is 10.8 Å². The Morgan fingerprint density at radius 3 is 1.54 bits per heavy atom. The van der Waals surface area contributed by atoms with Crippen molar-refractivity contribution in [2.45, 2.75) is 81.7 Å². The second-order valence-electron chi connectivity index (χ2n) is 11.1. The third-order valence-electron chi connectivity index (χ3n) is 4.98. The van der Waals surface area contributed by atoms with Gasteiger partial charge in [-0.25, -0.2) is 0 Å². The Kier molecular flexibility index (Phi) is 15.3. The second kappa shape index (κ2) is 16.7. The second-order valence-corrected chi connectivity index (χ2v) is 11.1. The number of hydrogen-bond donors (Lipinski definition) is 1. The first-order valence-corrected chi connectivity index (χ1v) is 12.8. The molecule has 0 saturated carbocycles. The first-order valence-electron chi connectivity index (χ1n) is 12.8. The average Bonchev–Trinajstić information content (AvgIpc) is 2.84. The molecule has 192 valence electrons. The van der Waals surface area contributed by atoms with Crippen LogP contribution < -0.4 is 5.32 Å². The normalized spacial score (nSPS) is 11.3. The monoisotopic (exact) mass is 475 g/mol. The van der Waals surface area contributed by atoms with Crippen LogP contribution in [0.25, 0.3) is 0 Å². The van der Waals surface area contributed by atoms with Crippen molar-refractivity contribution in [3.63, 3.8) is 0 Å². The molecule has 2 nitrogen and oxygen atoms in total. The third kappa shape index (κ3) is 16.4. The number of rotatable bonds is 5. The highest BCUT2D eigenvalue weighted by molar-refractivity contribution is 5.74. The number of benzene rings is 3. The van der Waals surface area contributed by atoms with E-state index < -0.39 is 0 Å². The average molecular weight is 476 g/mol. The van der Waals surface area contributed by atoms with Gasteiger partial charge in [-0.2, -0.15) is 0 Å². The Morgan fingerprint density at radius 2 is 1.14 bits per heavy atom. The molecule has 0 aromatic heterocycles. The number of carbonyl (C=O) groups excluding carboxylic acids is 1. The summed E-state index contributed by atoms with van der Waals surface area (Å²) in [5.74, 6) is 0.503. The topological polar surface area (TPSA) is 29.1 Å². The molecule has 0 heterocycles. The van der Waals surface area contributed by atoms with Crippen LogP contribution in [-0.4, -0.2) is 6.29 Å². The Balaban J connectivity index is 0.000000525. The summed E-state index contributed by atoms with van der Waals surface area (Å²) >= 11 is 0. The van der Waals surface area contributed by atoms with E-state index in [4.69, 9.17) is 0 Å². The van der Waals surface area contributed by atoms with E-state index in [2.05, 4.69) is 97.1 Å². The lowest BCUT2D eigenvalue weighted by Crippen LogP contribution is -2.15. The molecule has 35 heavy (non-hydrogen) atoms. The Hall–Kier alpha value is -2.87. The Labute approximate surface area is 216 Å². The largest absolute Gasteiger partial charge is 0.381 e. The smallest absolute Gasteiger partial charge is 0.150 e. The molecular weight excluding hydrogens is 426 g/mol. The Bertz CT molecular complexity index is 856. The fraction of sp³-hybridized carbons (Fsp3) is 0.424. The van der Waals surface area contributed by atoms with Gasteiger partial charge in [-0.15, -0.1) is 0 Å². The molecule has 0 bridgehead atoms. The Morgan fingerprint density at radius 1 is 0.714 bits per heavy atom. The number of carbonyl (C=O) groups is 1. The van der Waals surface area contributed by atoms with Gasteiger partial charge >= 0.3 is 0 Å². The molecule has 3 aromatic rings. The molecule has 0 aliphatic rings. The van der Waals surface area contributed by atoms with Gasteiger partial charge in [0.25, 0.3) is 0 Å². The highest BCUT2D eigenvalue weighted by Crippen LogP contribution is 2.34. The quantitative estimate of drug-likeness (QED) is 0.372. The summed E-state index contributed by atoms with van der Waals surface area (Å²) in [6.07, 6.45) is 0.880. The standard InChI is InChI=1S/C13H13N.C13H18O.C5H12.C2H6/c1-3-7-12(8-4-1)11-14-13-9-5-2-6-10-13;1-10(13(2,3)4)12-7-5-11(9-14)6-8-12;1-5(2,3)4;1-2/h1-10,14H,11H2;5-10H,1-4H3;1-4H3;1-2H3. The minimum Gasteiger partial charge on any atom is -0.381 e. The van der Waals surface area contributed by atoms with Gasteiger partial charge in [0.05, 0.1) is 0 Å². The summed E-state index contributed by atoms with van der Waals surface area (Å²) in [5, 5.41) is 3.36. The summed E-state index contributed by atoms with van der Waals surface area (Å²) in [5.41, 5.74) is 5.27. The zero-order valence-electron chi connectivity index (χ0n) is 23.9. The molecule has 3 rings (SSSR count). The number of aldehydes is 1. The molecule has 1 unspecified atom stereocenters. The fourth-order valence-electron chi connectivity index (χ4n) is 2.72. The van der Waals surface area contributed by atoms with E-state index in [1.54, 1.807) is 0 Å². The van der Waals surface area contributed by atoms with E-state index in [1.807, 2.05) is 62.4 Å². The van der Waals surface area contributed by atoms with Gasteiger partial charge in [-0.05, 0) is 40.0 Å². The van der Waals surface area contributed by atoms with E-state index in [1.165, 1.54) is 11.1 Å². The van der Waals surface area contributed by atoms with Gasteiger partial charge in [0.1, 0.15) is 6.29 Å². The maximum Gasteiger partial charge on any atom is 0.150 e. The van der Waals surface area contributed by atoms with Crippen molar-refractivity contribution in [1.29, 1.82) is 0 Å². The molecule has 0 radical (unpaired) electrons. The number of para-hydroxylation sites is 1. The van der Waals surface area contributed by atoms with E-state index in [-0.39, 0.29) is 5.41 Å². The SMILES string of the molecule is CC.CC(C)(C)C.CC(c1ccc(C=O)cc1)C(C)(C)C.c1ccc(CNc2ccccc2)cc1. The minimum absolute atomic E-state index is 0.267. The van der Waals surface area contributed by atoms with Crippen LogP contribution in [0.5, 0.6) is 0 Å². The van der Waals surface area contributed by atoms with E-state index >= 15 is 0 Å². The predicted molar refractivity (Wildman–Crippen MR) is 156 cm³/mol. The molecule has 3 aromatic carbocycles.